The molecule has 0 saturated heterocycles. The Morgan fingerprint density at radius 3 is 2.71 bits per heavy atom. The Kier molecular flexibility index (Phi) is 3.12. The first-order chi connectivity index (χ1) is 8.20. The van der Waals surface area contributed by atoms with Gasteiger partial charge in [-0.3, -0.25) is 0 Å². The van der Waals surface area contributed by atoms with E-state index in [1.807, 2.05) is 25.9 Å². The van der Waals surface area contributed by atoms with Crippen molar-refractivity contribution < 1.29 is 0 Å². The largest absolute Gasteiger partial charge is 0.354 e. The molecule has 2 rings (SSSR count). The van der Waals surface area contributed by atoms with Crippen LogP contribution in [0.4, 0.5) is 11.9 Å². The van der Waals surface area contributed by atoms with Crippen molar-refractivity contribution in [3.63, 3.8) is 0 Å². The van der Waals surface area contributed by atoms with Crippen LogP contribution in [0.25, 0.3) is 5.95 Å². The molecule has 0 amide bonds. The minimum Gasteiger partial charge on any atom is -0.354 e. The van der Waals surface area contributed by atoms with Gasteiger partial charge in [-0.05, 0) is 6.92 Å². The van der Waals surface area contributed by atoms with Crippen LogP contribution in [0.2, 0.25) is 0 Å². The highest BCUT2D eigenvalue weighted by molar-refractivity contribution is 5.38. The van der Waals surface area contributed by atoms with Gasteiger partial charge in [-0.15, -0.1) is 0 Å². The standard InChI is InChI=1S/C9H14N8/c1-4-11-7-13-8(16(2)3)15-9(14-7)17-6-10-5-12-17/h5-6H,4H2,1-3H3,(H,11,13,14,15). The molecule has 0 aromatic carbocycles. The molecule has 0 saturated carbocycles. The van der Waals surface area contributed by atoms with Crippen molar-refractivity contribution in [2.45, 2.75) is 6.92 Å². The van der Waals surface area contributed by atoms with Crippen LogP contribution in [0.15, 0.2) is 12.7 Å². The van der Waals surface area contributed by atoms with E-state index in [1.165, 1.54) is 11.0 Å². The SMILES string of the molecule is CCNc1nc(N(C)C)nc(-n2cncn2)n1. The Balaban J connectivity index is 2.44. The maximum atomic E-state index is 4.28. The van der Waals surface area contributed by atoms with E-state index in [0.29, 0.717) is 17.8 Å². The van der Waals surface area contributed by atoms with Crippen LogP contribution in [-0.4, -0.2) is 50.4 Å². The summed E-state index contributed by atoms with van der Waals surface area (Å²) in [7, 11) is 3.74. The normalized spacial score (nSPS) is 10.3. The van der Waals surface area contributed by atoms with Crippen molar-refractivity contribution in [3.05, 3.63) is 12.7 Å². The van der Waals surface area contributed by atoms with Crippen LogP contribution in [0.1, 0.15) is 6.92 Å². The molecule has 0 aliphatic carbocycles. The van der Waals surface area contributed by atoms with Gasteiger partial charge in [0.2, 0.25) is 11.9 Å². The molecule has 17 heavy (non-hydrogen) atoms. The van der Waals surface area contributed by atoms with Gasteiger partial charge in [-0.25, -0.2) is 4.98 Å². The van der Waals surface area contributed by atoms with Crippen LogP contribution in [0.3, 0.4) is 0 Å². The van der Waals surface area contributed by atoms with Crippen molar-refractivity contribution in [3.8, 4) is 5.95 Å². The number of hydrogen-bond acceptors (Lipinski definition) is 7. The smallest absolute Gasteiger partial charge is 0.258 e. The highest BCUT2D eigenvalue weighted by Gasteiger charge is 2.09. The van der Waals surface area contributed by atoms with Gasteiger partial charge in [-0.2, -0.15) is 24.7 Å². The fourth-order valence-corrected chi connectivity index (χ4v) is 1.21. The molecule has 0 spiro atoms. The molecular formula is C9H14N8. The summed E-state index contributed by atoms with van der Waals surface area (Å²) in [5.41, 5.74) is 0. The second-order valence-corrected chi connectivity index (χ2v) is 3.52. The monoisotopic (exact) mass is 234 g/mol. The van der Waals surface area contributed by atoms with Crippen LogP contribution in [0.5, 0.6) is 0 Å². The Hall–Kier alpha value is -2.25. The Morgan fingerprint density at radius 1 is 1.29 bits per heavy atom. The van der Waals surface area contributed by atoms with Crippen LogP contribution < -0.4 is 10.2 Å². The lowest BCUT2D eigenvalue weighted by atomic mass is 10.7. The van der Waals surface area contributed by atoms with Gasteiger partial charge in [-0.1, -0.05) is 0 Å². The lowest BCUT2D eigenvalue weighted by molar-refractivity contribution is 0.787. The number of nitrogens with one attached hydrogen (secondary N) is 1. The third-order valence-corrected chi connectivity index (χ3v) is 1.97. The fourth-order valence-electron chi connectivity index (χ4n) is 1.21. The third-order valence-electron chi connectivity index (χ3n) is 1.97. The first-order valence-electron chi connectivity index (χ1n) is 5.23. The summed E-state index contributed by atoms with van der Waals surface area (Å²) in [6, 6.07) is 0. The lowest BCUT2D eigenvalue weighted by Gasteiger charge is -2.12. The number of rotatable bonds is 4. The summed E-state index contributed by atoms with van der Waals surface area (Å²) in [5.74, 6) is 1.54. The molecule has 0 bridgehead atoms. The maximum absolute atomic E-state index is 4.28. The van der Waals surface area contributed by atoms with E-state index < -0.39 is 0 Å². The van der Waals surface area contributed by atoms with E-state index in [-0.39, 0.29) is 0 Å². The molecule has 2 heterocycles. The van der Waals surface area contributed by atoms with Crippen molar-refractivity contribution in [2.24, 2.45) is 0 Å². The third kappa shape index (κ3) is 2.47. The zero-order chi connectivity index (χ0) is 12.3. The maximum Gasteiger partial charge on any atom is 0.258 e. The number of hydrogen-bond donors (Lipinski definition) is 1. The first kappa shape index (κ1) is 11.2. The highest BCUT2D eigenvalue weighted by atomic mass is 15.4. The van der Waals surface area contributed by atoms with E-state index in [2.05, 4.69) is 30.4 Å². The molecule has 2 aromatic heterocycles. The molecule has 0 unspecified atom stereocenters. The van der Waals surface area contributed by atoms with Crippen LogP contribution >= 0.6 is 0 Å². The van der Waals surface area contributed by atoms with Crippen molar-refractivity contribution in [1.82, 2.24) is 29.7 Å². The molecule has 0 aliphatic rings. The summed E-state index contributed by atoms with van der Waals surface area (Å²) in [5, 5.41) is 7.05. The van der Waals surface area contributed by atoms with E-state index in [0.717, 1.165) is 6.54 Å². The van der Waals surface area contributed by atoms with Crippen LogP contribution in [-0.2, 0) is 0 Å². The first-order valence-corrected chi connectivity index (χ1v) is 5.23. The summed E-state index contributed by atoms with van der Waals surface area (Å²) < 4.78 is 1.50. The van der Waals surface area contributed by atoms with Gasteiger partial charge >= 0.3 is 0 Å². The molecular weight excluding hydrogens is 220 g/mol. The quantitative estimate of drug-likeness (QED) is 0.793. The van der Waals surface area contributed by atoms with Gasteiger partial charge < -0.3 is 10.2 Å². The Labute approximate surface area is 98.7 Å². The molecule has 0 radical (unpaired) electrons. The van der Waals surface area contributed by atoms with Crippen molar-refractivity contribution >= 4 is 11.9 Å². The second-order valence-electron chi connectivity index (χ2n) is 3.52. The van der Waals surface area contributed by atoms with Gasteiger partial charge in [0, 0.05) is 20.6 Å². The Morgan fingerprint density at radius 2 is 2.12 bits per heavy atom. The highest BCUT2D eigenvalue weighted by Crippen LogP contribution is 2.09. The summed E-state index contributed by atoms with van der Waals surface area (Å²) in [6.45, 7) is 2.72. The zero-order valence-corrected chi connectivity index (χ0v) is 9.99. The zero-order valence-electron chi connectivity index (χ0n) is 9.99. The van der Waals surface area contributed by atoms with E-state index in [4.69, 9.17) is 0 Å². The van der Waals surface area contributed by atoms with Gasteiger partial charge in [0.15, 0.2) is 0 Å². The molecule has 0 atom stereocenters. The van der Waals surface area contributed by atoms with E-state index >= 15 is 0 Å². The van der Waals surface area contributed by atoms with Crippen LogP contribution in [0, 0.1) is 0 Å². The molecule has 8 nitrogen and oxygen atoms in total. The summed E-state index contributed by atoms with van der Waals surface area (Å²) >= 11 is 0. The predicted octanol–water partition coefficient (Wildman–Crippen LogP) is -0.0499. The average Bonchev–Trinajstić information content (AvgIpc) is 2.82. The lowest BCUT2D eigenvalue weighted by Crippen LogP contribution is -2.17. The topological polar surface area (TPSA) is 84.7 Å². The number of anilines is 2. The van der Waals surface area contributed by atoms with Gasteiger partial charge in [0.05, 0.1) is 0 Å². The fraction of sp³-hybridized carbons (Fsp3) is 0.444. The van der Waals surface area contributed by atoms with Gasteiger partial charge in [0.25, 0.3) is 5.95 Å². The number of aromatic nitrogens is 6. The van der Waals surface area contributed by atoms with Crippen molar-refractivity contribution in [2.75, 3.05) is 30.9 Å². The molecule has 0 fully saturated rings. The molecule has 2 aromatic rings. The Bertz CT molecular complexity index is 478. The summed E-state index contributed by atoms with van der Waals surface area (Å²) in [4.78, 5) is 18.5. The second kappa shape index (κ2) is 4.73. The molecule has 8 heteroatoms. The minimum atomic E-state index is 0.442. The molecule has 1 N–H and O–H groups in total. The minimum absolute atomic E-state index is 0.442. The molecule has 0 aliphatic heterocycles. The average molecular weight is 234 g/mol. The molecule has 90 valence electrons. The summed E-state index contributed by atoms with van der Waals surface area (Å²) in [6.07, 6.45) is 2.98. The van der Waals surface area contributed by atoms with E-state index in [1.54, 1.807) is 6.33 Å². The van der Waals surface area contributed by atoms with E-state index in [9.17, 15) is 0 Å². The number of nitrogens with zero attached hydrogens (tertiary/aromatic N) is 7. The van der Waals surface area contributed by atoms with Gasteiger partial charge in [0.1, 0.15) is 12.7 Å². The predicted molar refractivity (Wildman–Crippen MR) is 63.2 cm³/mol. The van der Waals surface area contributed by atoms with Crippen molar-refractivity contribution in [1.29, 1.82) is 0 Å².